The van der Waals surface area contributed by atoms with Crippen molar-refractivity contribution in [3.63, 3.8) is 0 Å². The smallest absolute Gasteiger partial charge is 0.250 e. The Labute approximate surface area is 127 Å². The summed E-state index contributed by atoms with van der Waals surface area (Å²) in [6.45, 7) is 3.95. The first-order valence-electron chi connectivity index (χ1n) is 6.05. The number of hydrogen-bond donors (Lipinski definition) is 2. The third kappa shape index (κ3) is 4.76. The van der Waals surface area contributed by atoms with Crippen molar-refractivity contribution in [2.75, 3.05) is 19.7 Å². The van der Waals surface area contributed by atoms with E-state index in [-0.39, 0.29) is 30.5 Å². The Kier molecular flexibility index (Phi) is 6.79. The lowest BCUT2D eigenvalue weighted by molar-refractivity contribution is -0.134. The van der Waals surface area contributed by atoms with Crippen LogP contribution in [0, 0.1) is 0 Å². The molecule has 1 amide bonds. The molecule has 1 aromatic rings. The molecule has 0 aromatic heterocycles. The fraction of sp³-hybridized carbons (Fsp3) is 0.462. The van der Waals surface area contributed by atoms with Crippen LogP contribution in [0.4, 0.5) is 0 Å². The number of morpholine rings is 1. The van der Waals surface area contributed by atoms with Gasteiger partial charge in [0, 0.05) is 17.6 Å². The lowest BCUT2D eigenvalue weighted by atomic mass is 10.1. The normalized spacial score (nSPS) is 20.2. The van der Waals surface area contributed by atoms with Gasteiger partial charge in [-0.25, -0.2) is 0 Å². The van der Waals surface area contributed by atoms with E-state index in [2.05, 4.69) is 26.6 Å². The molecular weight excluding hydrogens is 332 g/mol. The minimum Gasteiger partial charge on any atom is -0.366 e. The van der Waals surface area contributed by atoms with E-state index < -0.39 is 0 Å². The number of rotatable bonds is 3. The molecule has 0 spiro atoms. The molecule has 6 heteroatoms. The zero-order valence-electron chi connectivity index (χ0n) is 10.7. The summed E-state index contributed by atoms with van der Waals surface area (Å²) in [6, 6.07) is 7.91. The molecule has 106 valence electrons. The minimum atomic E-state index is -0.378. The second-order valence-electron chi connectivity index (χ2n) is 4.35. The van der Waals surface area contributed by atoms with Crippen LogP contribution < -0.4 is 10.6 Å². The Morgan fingerprint density at radius 2 is 2.16 bits per heavy atom. The van der Waals surface area contributed by atoms with Crippen LogP contribution in [0.25, 0.3) is 0 Å². The highest BCUT2D eigenvalue weighted by Crippen LogP contribution is 2.16. The van der Waals surface area contributed by atoms with Crippen molar-refractivity contribution in [1.29, 1.82) is 0 Å². The van der Waals surface area contributed by atoms with Gasteiger partial charge in [-0.15, -0.1) is 12.4 Å². The molecule has 1 aliphatic rings. The molecule has 1 aliphatic heterocycles. The molecule has 0 aliphatic carbocycles. The molecule has 0 saturated carbocycles. The predicted octanol–water partition coefficient (Wildman–Crippen LogP) is 2.04. The van der Waals surface area contributed by atoms with Crippen LogP contribution in [-0.2, 0) is 9.53 Å². The van der Waals surface area contributed by atoms with Gasteiger partial charge in [-0.05, 0) is 24.6 Å². The zero-order valence-corrected chi connectivity index (χ0v) is 13.1. The number of hydrogen-bond acceptors (Lipinski definition) is 3. The van der Waals surface area contributed by atoms with Gasteiger partial charge in [0.15, 0.2) is 0 Å². The predicted molar refractivity (Wildman–Crippen MR) is 80.6 cm³/mol. The van der Waals surface area contributed by atoms with Gasteiger partial charge in [0.1, 0.15) is 6.10 Å². The Balaban J connectivity index is 0.00000180. The number of carbonyl (C=O) groups excluding carboxylic acids is 1. The van der Waals surface area contributed by atoms with E-state index >= 15 is 0 Å². The second-order valence-corrected chi connectivity index (χ2v) is 5.26. The maximum Gasteiger partial charge on any atom is 0.250 e. The Morgan fingerprint density at radius 1 is 1.47 bits per heavy atom. The van der Waals surface area contributed by atoms with Crippen LogP contribution in [0.3, 0.4) is 0 Å². The van der Waals surface area contributed by atoms with Crippen molar-refractivity contribution in [3.05, 3.63) is 34.3 Å². The quantitative estimate of drug-likeness (QED) is 0.878. The van der Waals surface area contributed by atoms with Crippen molar-refractivity contribution in [1.82, 2.24) is 10.6 Å². The largest absolute Gasteiger partial charge is 0.366 e. The van der Waals surface area contributed by atoms with Gasteiger partial charge in [0.25, 0.3) is 5.91 Å². The SMILES string of the molecule is CC(NC(=O)C1CNCCO1)c1ccc(Br)cc1.Cl. The van der Waals surface area contributed by atoms with Crippen LogP contribution in [0.15, 0.2) is 28.7 Å². The third-order valence-electron chi connectivity index (χ3n) is 2.95. The number of carbonyl (C=O) groups is 1. The summed E-state index contributed by atoms with van der Waals surface area (Å²) in [6.07, 6.45) is -0.378. The number of halogens is 2. The molecule has 1 fully saturated rings. The third-order valence-corrected chi connectivity index (χ3v) is 3.48. The van der Waals surface area contributed by atoms with E-state index in [0.29, 0.717) is 13.2 Å². The lowest BCUT2D eigenvalue weighted by Gasteiger charge is -2.24. The van der Waals surface area contributed by atoms with E-state index in [4.69, 9.17) is 4.74 Å². The first-order valence-corrected chi connectivity index (χ1v) is 6.84. The molecule has 2 atom stereocenters. The van der Waals surface area contributed by atoms with Crippen molar-refractivity contribution in [3.8, 4) is 0 Å². The molecular formula is C13H18BrClN2O2. The van der Waals surface area contributed by atoms with E-state index in [1.807, 2.05) is 31.2 Å². The highest BCUT2D eigenvalue weighted by atomic mass is 79.9. The van der Waals surface area contributed by atoms with Crippen LogP contribution in [0.1, 0.15) is 18.5 Å². The molecule has 2 unspecified atom stereocenters. The molecule has 1 heterocycles. The highest BCUT2D eigenvalue weighted by molar-refractivity contribution is 9.10. The number of amides is 1. The molecule has 19 heavy (non-hydrogen) atoms. The van der Waals surface area contributed by atoms with E-state index in [1.54, 1.807) is 0 Å². The highest BCUT2D eigenvalue weighted by Gasteiger charge is 2.23. The molecule has 0 radical (unpaired) electrons. The van der Waals surface area contributed by atoms with E-state index in [0.717, 1.165) is 16.6 Å². The zero-order chi connectivity index (χ0) is 13.0. The fourth-order valence-corrected chi connectivity index (χ4v) is 2.14. The topological polar surface area (TPSA) is 50.4 Å². The van der Waals surface area contributed by atoms with Crippen molar-refractivity contribution < 1.29 is 9.53 Å². The van der Waals surface area contributed by atoms with Gasteiger partial charge >= 0.3 is 0 Å². The Hall–Kier alpha value is -0.620. The van der Waals surface area contributed by atoms with Gasteiger partial charge < -0.3 is 15.4 Å². The van der Waals surface area contributed by atoms with E-state index in [9.17, 15) is 4.79 Å². The summed E-state index contributed by atoms with van der Waals surface area (Å²) < 4.78 is 6.45. The molecule has 4 nitrogen and oxygen atoms in total. The first kappa shape index (κ1) is 16.4. The lowest BCUT2D eigenvalue weighted by Crippen LogP contribution is -2.48. The van der Waals surface area contributed by atoms with Crippen LogP contribution in [0.2, 0.25) is 0 Å². The van der Waals surface area contributed by atoms with E-state index in [1.165, 1.54) is 0 Å². The summed E-state index contributed by atoms with van der Waals surface area (Å²) in [5, 5.41) is 6.11. The number of nitrogens with one attached hydrogen (secondary N) is 2. The molecule has 2 rings (SSSR count). The monoisotopic (exact) mass is 348 g/mol. The molecule has 0 bridgehead atoms. The average Bonchev–Trinajstić information content (AvgIpc) is 2.40. The fourth-order valence-electron chi connectivity index (χ4n) is 1.87. The summed E-state index contributed by atoms with van der Waals surface area (Å²) >= 11 is 3.39. The van der Waals surface area contributed by atoms with Gasteiger partial charge in [0.2, 0.25) is 0 Å². The summed E-state index contributed by atoms with van der Waals surface area (Å²) in [4.78, 5) is 12.0. The van der Waals surface area contributed by atoms with Crippen molar-refractivity contribution in [2.24, 2.45) is 0 Å². The van der Waals surface area contributed by atoms with Gasteiger partial charge in [0.05, 0.1) is 12.6 Å². The average molecular weight is 350 g/mol. The van der Waals surface area contributed by atoms with Gasteiger partial charge in [-0.3, -0.25) is 4.79 Å². The Morgan fingerprint density at radius 3 is 2.74 bits per heavy atom. The van der Waals surface area contributed by atoms with Crippen molar-refractivity contribution in [2.45, 2.75) is 19.1 Å². The molecule has 1 saturated heterocycles. The van der Waals surface area contributed by atoms with Crippen LogP contribution in [-0.4, -0.2) is 31.7 Å². The van der Waals surface area contributed by atoms with Gasteiger partial charge in [-0.1, -0.05) is 28.1 Å². The summed E-state index contributed by atoms with van der Waals surface area (Å²) in [7, 11) is 0. The maximum absolute atomic E-state index is 12.0. The first-order chi connectivity index (χ1) is 8.66. The minimum absolute atomic E-state index is 0. The number of ether oxygens (including phenoxy) is 1. The summed E-state index contributed by atoms with van der Waals surface area (Å²) in [5.41, 5.74) is 1.08. The number of benzene rings is 1. The van der Waals surface area contributed by atoms with Crippen LogP contribution >= 0.6 is 28.3 Å². The standard InChI is InChI=1S/C13H17BrN2O2.ClH/c1-9(10-2-4-11(14)5-3-10)16-13(17)12-8-15-6-7-18-12;/h2-5,9,12,15H,6-8H2,1H3,(H,16,17);1H. The van der Waals surface area contributed by atoms with Crippen LogP contribution in [0.5, 0.6) is 0 Å². The van der Waals surface area contributed by atoms with Crippen molar-refractivity contribution >= 4 is 34.2 Å². The van der Waals surface area contributed by atoms with Gasteiger partial charge in [-0.2, -0.15) is 0 Å². The summed E-state index contributed by atoms with van der Waals surface area (Å²) in [5.74, 6) is -0.0578. The molecule has 1 aromatic carbocycles. The molecule has 2 N–H and O–H groups in total. The Bertz CT molecular complexity index is 408. The maximum atomic E-state index is 12.0. The second kappa shape index (κ2) is 7.85.